The summed E-state index contributed by atoms with van der Waals surface area (Å²) < 4.78 is 53.1. The minimum Gasteiger partial charge on any atom is -0.287 e. The van der Waals surface area contributed by atoms with Crippen LogP contribution in [0.5, 0.6) is 0 Å². The summed E-state index contributed by atoms with van der Waals surface area (Å²) in [4.78, 5) is 43.9. The van der Waals surface area contributed by atoms with Crippen molar-refractivity contribution in [2.24, 2.45) is 0 Å². The maximum atomic E-state index is 14.0. The number of anilines is 1. The molecule has 3 aliphatic rings. The second kappa shape index (κ2) is 7.68. The van der Waals surface area contributed by atoms with E-state index in [9.17, 15) is 37.2 Å². The molecule has 3 aromatic rings. The number of carbonyl (C=O) groups excluding carboxylic acids is 3. The van der Waals surface area contributed by atoms with Crippen LogP contribution in [0, 0.1) is 17.1 Å². The lowest BCUT2D eigenvalue weighted by atomic mass is 9.97. The summed E-state index contributed by atoms with van der Waals surface area (Å²) in [6.45, 7) is 0.356. The number of rotatable bonds is 3. The summed E-state index contributed by atoms with van der Waals surface area (Å²) in [6.07, 6.45) is -5.00. The normalized spacial score (nSPS) is 26.6. The highest BCUT2D eigenvalue weighted by Gasteiger charge is 2.73. The van der Waals surface area contributed by atoms with Gasteiger partial charge in [0, 0.05) is 16.3 Å². The first-order valence-electron chi connectivity index (χ1n) is 11.4. The summed E-state index contributed by atoms with van der Waals surface area (Å²) in [5.74, 6) is -2.78. The van der Waals surface area contributed by atoms with E-state index >= 15 is 0 Å². The molecule has 3 fully saturated rings. The van der Waals surface area contributed by atoms with E-state index in [-0.39, 0.29) is 31.0 Å². The van der Waals surface area contributed by atoms with Crippen molar-refractivity contribution in [3.8, 4) is 6.07 Å². The Labute approximate surface area is 207 Å². The van der Waals surface area contributed by atoms with Gasteiger partial charge >= 0.3 is 12.2 Å². The molecule has 1 spiro atoms. The zero-order valence-electron chi connectivity index (χ0n) is 19.0. The first-order chi connectivity index (χ1) is 17.6. The van der Waals surface area contributed by atoms with Crippen LogP contribution in [0.4, 0.5) is 28.0 Å². The van der Waals surface area contributed by atoms with Crippen LogP contribution < -0.4 is 4.90 Å². The minimum atomic E-state index is -5.00. The number of hydrogen-bond acceptors (Lipinski definition) is 5. The molecule has 4 atom stereocenters. The van der Waals surface area contributed by atoms with Crippen LogP contribution >= 0.6 is 0 Å². The molecular formula is C26H17F4N4O3+. The largest absolute Gasteiger partial charge is 0.433 e. The van der Waals surface area contributed by atoms with Gasteiger partial charge in [-0.1, -0.05) is 24.3 Å². The zero-order chi connectivity index (χ0) is 26.3. The number of nitrogens with zero attached hydrogens (tertiary/aromatic N) is 4. The Morgan fingerprint density at radius 1 is 1.03 bits per heavy atom. The van der Waals surface area contributed by atoms with Gasteiger partial charge in [0.2, 0.25) is 5.78 Å². The van der Waals surface area contributed by atoms with E-state index in [1.807, 2.05) is 0 Å². The van der Waals surface area contributed by atoms with Crippen molar-refractivity contribution in [3.05, 3.63) is 77.1 Å². The number of benzene rings is 3. The maximum Gasteiger partial charge on any atom is 0.433 e. The summed E-state index contributed by atoms with van der Waals surface area (Å²) in [6, 6.07) is 11.3. The van der Waals surface area contributed by atoms with E-state index in [1.54, 1.807) is 29.2 Å². The Morgan fingerprint density at radius 3 is 2.46 bits per heavy atom. The maximum absolute atomic E-state index is 14.0. The van der Waals surface area contributed by atoms with E-state index in [2.05, 4.69) is 6.07 Å². The number of nitriles is 1. The number of ketones is 1. The lowest BCUT2D eigenvalue weighted by molar-refractivity contribution is -0.852. The Kier molecular flexibility index (Phi) is 4.83. The second-order valence-electron chi connectivity index (χ2n) is 9.44. The zero-order valence-corrected chi connectivity index (χ0v) is 19.0. The topological polar surface area (TPSA) is 81.5 Å². The highest BCUT2D eigenvalue weighted by molar-refractivity contribution is 6.22. The molecule has 2 bridgehead atoms. The second-order valence-corrected chi connectivity index (χ2v) is 9.44. The van der Waals surface area contributed by atoms with Crippen molar-refractivity contribution in [2.45, 2.75) is 18.3 Å². The van der Waals surface area contributed by atoms with Crippen molar-refractivity contribution >= 4 is 34.2 Å². The molecule has 3 saturated heterocycles. The number of urea groups is 1. The van der Waals surface area contributed by atoms with Gasteiger partial charge in [-0.15, -0.1) is 0 Å². The third-order valence-corrected chi connectivity index (χ3v) is 7.58. The smallest absolute Gasteiger partial charge is 0.287 e. The predicted octanol–water partition coefficient (Wildman–Crippen LogP) is 4.06. The Bertz CT molecular complexity index is 1580. The molecule has 0 radical (unpaired) electrons. The van der Waals surface area contributed by atoms with E-state index in [4.69, 9.17) is 0 Å². The van der Waals surface area contributed by atoms with Crippen LogP contribution in [-0.4, -0.2) is 58.9 Å². The van der Waals surface area contributed by atoms with Crippen molar-refractivity contribution in [1.29, 1.82) is 5.26 Å². The summed E-state index contributed by atoms with van der Waals surface area (Å²) >= 11 is 0. The average molecular weight is 509 g/mol. The quantitative estimate of drug-likeness (QED) is 0.230. The van der Waals surface area contributed by atoms with Crippen molar-refractivity contribution < 1.29 is 36.4 Å². The fourth-order valence-corrected chi connectivity index (χ4v) is 5.93. The van der Waals surface area contributed by atoms with Crippen molar-refractivity contribution in [1.82, 2.24) is 4.90 Å². The lowest BCUT2D eigenvalue weighted by Gasteiger charge is -2.33. The Hall–Kier alpha value is -4.14. The fourth-order valence-electron chi connectivity index (χ4n) is 5.93. The molecular weight excluding hydrogens is 492 g/mol. The molecule has 3 heterocycles. The Morgan fingerprint density at radius 2 is 1.76 bits per heavy atom. The van der Waals surface area contributed by atoms with Gasteiger partial charge in [0.1, 0.15) is 12.5 Å². The van der Waals surface area contributed by atoms with Crippen molar-refractivity contribution in [3.63, 3.8) is 0 Å². The first kappa shape index (κ1) is 23.3. The number of carbonyl (C=O) groups is 3. The number of imide groups is 1. The molecule has 3 aromatic carbocycles. The summed E-state index contributed by atoms with van der Waals surface area (Å²) in [5, 5.41) is 10.5. The van der Waals surface area contributed by atoms with Crippen LogP contribution in [0.25, 0.3) is 10.8 Å². The van der Waals surface area contributed by atoms with Gasteiger partial charge in [0.15, 0.2) is 12.1 Å². The van der Waals surface area contributed by atoms with Gasteiger partial charge in [-0.2, -0.15) is 23.3 Å². The average Bonchev–Trinajstić information content (AvgIpc) is 3.51. The third-order valence-electron chi connectivity index (χ3n) is 7.58. The van der Waals surface area contributed by atoms with E-state index in [0.717, 1.165) is 11.0 Å². The monoisotopic (exact) mass is 509 g/mol. The molecule has 0 aromatic heterocycles. The van der Waals surface area contributed by atoms with Crippen LogP contribution in [0.3, 0.4) is 0 Å². The predicted molar refractivity (Wildman–Crippen MR) is 122 cm³/mol. The van der Waals surface area contributed by atoms with Crippen LogP contribution in [0.2, 0.25) is 0 Å². The molecule has 3 aliphatic heterocycles. The number of Topliss-reactive ketones (excluding diaryl/α,β-unsaturated/α-hetero) is 1. The SMILES string of the molecule is N#Cc1ccc(N2C(=O)C3C[N@]4CC(C(=O)c5ccc(F)c(C(F)(F)F)c5)[N+]3(C4)C2=O)c2ccccc12. The number of hydrogen-bond donors (Lipinski definition) is 0. The Balaban J connectivity index is 1.44. The number of piperazine rings is 1. The number of alkyl halides is 3. The third kappa shape index (κ3) is 3.09. The van der Waals surface area contributed by atoms with Gasteiger partial charge in [0.25, 0.3) is 5.91 Å². The number of halogens is 4. The molecule has 0 aliphatic carbocycles. The number of quaternary nitrogens is 1. The highest BCUT2D eigenvalue weighted by Crippen LogP contribution is 2.45. The fraction of sp³-hybridized carbons (Fsp3) is 0.231. The first-order valence-corrected chi connectivity index (χ1v) is 11.4. The number of fused-ring (bicyclic) bond motifs is 2. The highest BCUT2D eigenvalue weighted by atomic mass is 19.4. The minimum absolute atomic E-state index is 0.0592. The van der Waals surface area contributed by atoms with Crippen LogP contribution in [0.15, 0.2) is 54.6 Å². The van der Waals surface area contributed by atoms with Crippen LogP contribution in [0.1, 0.15) is 21.5 Å². The van der Waals surface area contributed by atoms with Crippen LogP contribution in [-0.2, 0) is 11.0 Å². The molecule has 7 nitrogen and oxygen atoms in total. The molecule has 0 saturated carbocycles. The summed E-state index contributed by atoms with van der Waals surface area (Å²) in [7, 11) is 0. The van der Waals surface area contributed by atoms with E-state index in [0.29, 0.717) is 28.5 Å². The lowest BCUT2D eigenvalue weighted by Crippen LogP contribution is -2.62. The van der Waals surface area contributed by atoms with Crippen molar-refractivity contribution in [2.75, 3.05) is 24.7 Å². The molecule has 0 N–H and O–H groups in total. The molecule has 186 valence electrons. The van der Waals surface area contributed by atoms with Gasteiger partial charge in [0.05, 0.1) is 36.0 Å². The molecule has 11 heteroatoms. The van der Waals surface area contributed by atoms with Gasteiger partial charge in [-0.05, 0) is 30.3 Å². The van der Waals surface area contributed by atoms with E-state index in [1.165, 1.54) is 12.1 Å². The van der Waals surface area contributed by atoms with Gasteiger partial charge < -0.3 is 0 Å². The molecule has 37 heavy (non-hydrogen) atoms. The van der Waals surface area contributed by atoms with Gasteiger partial charge in [-0.3, -0.25) is 9.59 Å². The number of amides is 3. The molecule has 3 unspecified atom stereocenters. The molecule has 3 amide bonds. The summed E-state index contributed by atoms with van der Waals surface area (Å²) in [5.41, 5.74) is -1.30. The van der Waals surface area contributed by atoms with Gasteiger partial charge in [-0.25, -0.2) is 18.6 Å². The molecule has 6 rings (SSSR count). The van der Waals surface area contributed by atoms with E-state index < -0.39 is 51.8 Å². The standard InChI is InChI=1S/C26H17F4N4O3/c27-19-7-5-14(9-18(19)26(28,29)30)23(35)21-11-32-12-22-24(36)33(25(37)34(21,22)13-32)20-8-6-15(10-31)16-3-1-2-4-17(16)20/h1-9,21-22H,11-13H2/q+1.